The summed E-state index contributed by atoms with van der Waals surface area (Å²) in [5.74, 6) is 0.0534. The number of hydrogen-bond donors (Lipinski definition) is 0. The molecule has 0 radical (unpaired) electrons. The average molecular weight is 555 g/mol. The molecule has 0 aliphatic heterocycles. The zero-order valence-corrected chi connectivity index (χ0v) is 21.5. The number of aromatic nitrogens is 1. The minimum atomic E-state index is -4.84. The number of methoxy groups -OCH3 is 2. The molecule has 0 aliphatic rings. The van der Waals surface area contributed by atoms with Gasteiger partial charge in [0.25, 0.3) is 5.91 Å². The fourth-order valence-corrected chi connectivity index (χ4v) is 4.63. The number of carbonyl (C=O) groups is 1. The van der Waals surface area contributed by atoms with Crippen LogP contribution in [0.1, 0.15) is 15.9 Å². The van der Waals surface area contributed by atoms with E-state index in [0.717, 1.165) is 23.3 Å². The number of rotatable bonds is 8. The van der Waals surface area contributed by atoms with E-state index in [0.29, 0.717) is 28.2 Å². The minimum Gasteiger partial charge on any atom is -0.497 e. The van der Waals surface area contributed by atoms with Crippen LogP contribution < -0.4 is 19.1 Å². The van der Waals surface area contributed by atoms with Crippen LogP contribution in [0.15, 0.2) is 81.9 Å². The highest BCUT2D eigenvalue weighted by Crippen LogP contribution is 2.31. The zero-order chi connectivity index (χ0) is 27.6. The maximum atomic E-state index is 13.7. The smallest absolute Gasteiger partial charge is 0.497 e. The van der Waals surface area contributed by atoms with E-state index in [1.165, 1.54) is 31.3 Å². The number of anilines is 1. The Morgan fingerprint density at radius 2 is 1.64 bits per heavy atom. The maximum Gasteiger partial charge on any atom is 0.573 e. The van der Waals surface area contributed by atoms with Crippen molar-refractivity contribution in [3.05, 3.63) is 88.6 Å². The summed E-state index contributed by atoms with van der Waals surface area (Å²) in [5, 5.41) is 3.99. The average Bonchev–Trinajstić information content (AvgIpc) is 3.60. The number of benzene rings is 3. The lowest BCUT2D eigenvalue weighted by atomic mass is 10.1. The molecule has 0 saturated carbocycles. The Labute approximate surface area is 225 Å². The molecule has 200 valence electrons. The summed E-state index contributed by atoms with van der Waals surface area (Å²) in [7, 11) is 3.02. The first-order chi connectivity index (χ1) is 18.7. The van der Waals surface area contributed by atoms with Crippen LogP contribution in [0.2, 0.25) is 0 Å². The summed E-state index contributed by atoms with van der Waals surface area (Å²) in [6, 6.07) is 17.4. The van der Waals surface area contributed by atoms with Gasteiger partial charge in [-0.15, -0.1) is 13.2 Å². The molecule has 0 saturated heterocycles. The molecule has 0 spiro atoms. The number of ether oxygens (including phenoxy) is 3. The molecule has 5 aromatic rings. The second kappa shape index (κ2) is 10.7. The Hall–Kier alpha value is -4.51. The predicted octanol–water partition coefficient (Wildman–Crippen LogP) is 7.32. The second-order valence-corrected chi connectivity index (χ2v) is 9.16. The fraction of sp³-hybridized carbons (Fsp3) is 0.143. The van der Waals surface area contributed by atoms with Gasteiger partial charge in [-0.25, -0.2) is 0 Å². The molecule has 0 atom stereocenters. The van der Waals surface area contributed by atoms with E-state index in [-0.39, 0.29) is 18.1 Å². The molecule has 0 fully saturated rings. The Morgan fingerprint density at radius 3 is 2.26 bits per heavy atom. The number of fused-ring (bicyclic) bond motifs is 1. The highest BCUT2D eigenvalue weighted by molar-refractivity contribution is 7.08. The highest BCUT2D eigenvalue weighted by atomic mass is 32.1. The fourth-order valence-electron chi connectivity index (χ4n) is 3.96. The first-order valence-corrected chi connectivity index (χ1v) is 12.5. The summed E-state index contributed by atoms with van der Waals surface area (Å²) >= 11 is 1.57. The van der Waals surface area contributed by atoms with Gasteiger partial charge in [0.05, 0.1) is 20.8 Å². The van der Waals surface area contributed by atoms with Crippen molar-refractivity contribution < 1.29 is 36.6 Å². The van der Waals surface area contributed by atoms with Gasteiger partial charge in [-0.05, 0) is 82.0 Å². The molecule has 5 rings (SSSR count). The van der Waals surface area contributed by atoms with Crippen molar-refractivity contribution in [3.8, 4) is 28.4 Å². The Kier molecular flexibility index (Phi) is 7.16. The minimum absolute atomic E-state index is 0.0113. The van der Waals surface area contributed by atoms with Crippen molar-refractivity contribution >= 4 is 34.4 Å². The van der Waals surface area contributed by atoms with Crippen LogP contribution in [0.3, 0.4) is 0 Å². The van der Waals surface area contributed by atoms with Gasteiger partial charge in [-0.3, -0.25) is 9.69 Å². The number of oxazole rings is 1. The van der Waals surface area contributed by atoms with E-state index in [9.17, 15) is 18.0 Å². The Morgan fingerprint density at radius 1 is 0.923 bits per heavy atom. The normalized spacial score (nSPS) is 11.4. The van der Waals surface area contributed by atoms with Gasteiger partial charge in [-0.1, -0.05) is 6.07 Å². The van der Waals surface area contributed by atoms with Crippen LogP contribution in [0.4, 0.5) is 19.2 Å². The van der Waals surface area contributed by atoms with Gasteiger partial charge in [-0.2, -0.15) is 16.3 Å². The zero-order valence-electron chi connectivity index (χ0n) is 20.7. The van der Waals surface area contributed by atoms with Gasteiger partial charge in [0.2, 0.25) is 0 Å². The van der Waals surface area contributed by atoms with Crippen LogP contribution in [-0.4, -0.2) is 31.5 Å². The van der Waals surface area contributed by atoms with Crippen LogP contribution in [0.25, 0.3) is 22.2 Å². The molecule has 3 aromatic carbocycles. The van der Waals surface area contributed by atoms with E-state index < -0.39 is 18.0 Å². The topological polar surface area (TPSA) is 74.0 Å². The molecular formula is C28H21F3N2O5S. The van der Waals surface area contributed by atoms with Crippen molar-refractivity contribution in [1.29, 1.82) is 0 Å². The van der Waals surface area contributed by atoms with Crippen molar-refractivity contribution in [1.82, 2.24) is 4.98 Å². The first kappa shape index (κ1) is 26.1. The van der Waals surface area contributed by atoms with Crippen molar-refractivity contribution in [2.45, 2.75) is 12.9 Å². The van der Waals surface area contributed by atoms with Gasteiger partial charge >= 0.3 is 12.4 Å². The summed E-state index contributed by atoms with van der Waals surface area (Å²) in [5.41, 5.74) is 3.75. The monoisotopic (exact) mass is 554 g/mol. The van der Waals surface area contributed by atoms with E-state index >= 15 is 0 Å². The molecule has 11 heteroatoms. The lowest BCUT2D eigenvalue weighted by Gasteiger charge is -2.20. The SMILES string of the molecule is COc1cc(CN(C(=O)c2ccc(OC(F)(F)F)cc2)c2nc3cc(-c4ccsc4)ccc3o2)cc(OC)c1. The van der Waals surface area contributed by atoms with Crippen molar-refractivity contribution in [3.63, 3.8) is 0 Å². The number of hydrogen-bond acceptors (Lipinski definition) is 7. The third-order valence-electron chi connectivity index (χ3n) is 5.79. The number of amides is 1. The number of thiophene rings is 1. The van der Waals surface area contributed by atoms with E-state index in [4.69, 9.17) is 13.9 Å². The molecule has 2 heterocycles. The molecule has 39 heavy (non-hydrogen) atoms. The quantitative estimate of drug-likeness (QED) is 0.200. The summed E-state index contributed by atoms with van der Waals surface area (Å²) in [6.07, 6.45) is -4.84. The van der Waals surface area contributed by atoms with Crippen LogP contribution >= 0.6 is 11.3 Å². The first-order valence-electron chi connectivity index (χ1n) is 11.6. The van der Waals surface area contributed by atoms with Gasteiger partial charge in [0.15, 0.2) is 5.58 Å². The van der Waals surface area contributed by atoms with Crippen LogP contribution in [-0.2, 0) is 6.54 Å². The van der Waals surface area contributed by atoms with Crippen molar-refractivity contribution in [2.24, 2.45) is 0 Å². The molecule has 0 unspecified atom stereocenters. The second-order valence-electron chi connectivity index (χ2n) is 8.38. The Balaban J connectivity index is 1.53. The van der Waals surface area contributed by atoms with Crippen molar-refractivity contribution in [2.75, 3.05) is 19.1 Å². The number of carbonyl (C=O) groups excluding carboxylic acids is 1. The van der Waals surface area contributed by atoms with E-state index in [1.807, 2.05) is 29.0 Å². The summed E-state index contributed by atoms with van der Waals surface area (Å²) in [4.78, 5) is 19.6. The predicted molar refractivity (Wildman–Crippen MR) is 141 cm³/mol. The number of nitrogens with zero attached hydrogens (tertiary/aromatic N) is 2. The molecule has 0 N–H and O–H groups in total. The van der Waals surface area contributed by atoms with Gasteiger partial charge in [0.1, 0.15) is 22.8 Å². The lowest BCUT2D eigenvalue weighted by Crippen LogP contribution is -2.30. The Bertz CT molecular complexity index is 1580. The molecular weight excluding hydrogens is 533 g/mol. The third-order valence-corrected chi connectivity index (χ3v) is 6.48. The van der Waals surface area contributed by atoms with Gasteiger partial charge in [0, 0.05) is 11.6 Å². The van der Waals surface area contributed by atoms with Crippen LogP contribution in [0.5, 0.6) is 17.2 Å². The molecule has 0 aliphatic carbocycles. The molecule has 2 aromatic heterocycles. The van der Waals surface area contributed by atoms with Crippen LogP contribution in [0, 0.1) is 0 Å². The van der Waals surface area contributed by atoms with Gasteiger partial charge < -0.3 is 18.6 Å². The number of halogens is 3. The molecule has 1 amide bonds. The molecule has 0 bridgehead atoms. The summed E-state index contributed by atoms with van der Waals surface area (Å²) < 4.78 is 58.4. The maximum absolute atomic E-state index is 13.7. The standard InChI is InChI=1S/C28H21F3N2O5S/c1-35-22-11-17(12-23(14-22)36-2)15-33(26(34)18-3-6-21(7-4-18)38-28(29,30)31)27-32-24-13-19(5-8-25(24)37-27)20-9-10-39-16-20/h3-14,16H,15H2,1-2H3. The third kappa shape index (κ3) is 5.99. The molecule has 7 nitrogen and oxygen atoms in total. The summed E-state index contributed by atoms with van der Waals surface area (Å²) in [6.45, 7) is 0.0113. The van der Waals surface area contributed by atoms with E-state index in [1.54, 1.807) is 35.6 Å². The lowest BCUT2D eigenvalue weighted by molar-refractivity contribution is -0.274. The largest absolute Gasteiger partial charge is 0.573 e. The van der Waals surface area contributed by atoms with E-state index in [2.05, 4.69) is 9.72 Å². The highest BCUT2D eigenvalue weighted by Gasteiger charge is 2.31. The number of alkyl halides is 3.